The predicted molar refractivity (Wildman–Crippen MR) is 152 cm³/mol. The van der Waals surface area contributed by atoms with Gasteiger partial charge < -0.3 is 10.2 Å². The molecule has 226 valence electrons. The van der Waals surface area contributed by atoms with Gasteiger partial charge in [-0.1, -0.05) is 54.6 Å². The third-order valence-corrected chi connectivity index (χ3v) is 7.94. The van der Waals surface area contributed by atoms with Crippen molar-refractivity contribution in [1.29, 1.82) is 0 Å². The molecule has 1 unspecified atom stereocenters. The summed E-state index contributed by atoms with van der Waals surface area (Å²) in [5, 5.41) is 2.80. The highest BCUT2D eigenvalue weighted by molar-refractivity contribution is 6.10. The van der Waals surface area contributed by atoms with Crippen LogP contribution in [0.5, 0.6) is 0 Å². The van der Waals surface area contributed by atoms with Gasteiger partial charge in [0.05, 0.1) is 22.4 Å². The van der Waals surface area contributed by atoms with E-state index in [2.05, 4.69) is 5.32 Å². The van der Waals surface area contributed by atoms with Crippen molar-refractivity contribution < 1.29 is 35.9 Å². The molecule has 2 amide bonds. The molecule has 1 fully saturated rings. The van der Waals surface area contributed by atoms with Crippen LogP contribution in [0.1, 0.15) is 27.0 Å². The summed E-state index contributed by atoms with van der Waals surface area (Å²) in [4.78, 5) is 30.4. The molecule has 0 radical (unpaired) electrons. The number of benzene rings is 4. The zero-order valence-electron chi connectivity index (χ0n) is 23.0. The Morgan fingerprint density at radius 2 is 1.25 bits per heavy atom. The lowest BCUT2D eigenvalue weighted by molar-refractivity contribution is -0.138. The Hall–Kier alpha value is -4.64. The Kier molecular flexibility index (Phi) is 7.44. The molecule has 1 saturated heterocycles. The molecular formula is C33H25F6N3O2. The van der Waals surface area contributed by atoms with Gasteiger partial charge in [0.1, 0.15) is 6.04 Å². The van der Waals surface area contributed by atoms with Crippen molar-refractivity contribution in [1.82, 2.24) is 9.80 Å². The zero-order chi connectivity index (χ0) is 31.2. The molecule has 5 nitrogen and oxygen atoms in total. The lowest BCUT2D eigenvalue weighted by Gasteiger charge is -2.39. The van der Waals surface area contributed by atoms with Crippen LogP contribution in [0.15, 0.2) is 91.0 Å². The average Bonchev–Trinajstić information content (AvgIpc) is 3.10. The van der Waals surface area contributed by atoms with Gasteiger partial charge in [0.2, 0.25) is 5.91 Å². The van der Waals surface area contributed by atoms with Crippen molar-refractivity contribution in [2.45, 2.75) is 24.9 Å². The third kappa shape index (κ3) is 5.92. The highest BCUT2D eigenvalue weighted by Crippen LogP contribution is 2.35. The molecule has 0 bridgehead atoms. The van der Waals surface area contributed by atoms with Gasteiger partial charge in [-0.3, -0.25) is 14.5 Å². The van der Waals surface area contributed by atoms with Crippen molar-refractivity contribution in [2.24, 2.45) is 0 Å². The summed E-state index contributed by atoms with van der Waals surface area (Å²) in [6.45, 7) is 1.43. The van der Waals surface area contributed by atoms with E-state index >= 15 is 0 Å². The fraction of sp³-hybridized carbons (Fsp3) is 0.212. The second-order valence-corrected chi connectivity index (χ2v) is 10.9. The molecule has 4 aromatic carbocycles. The van der Waals surface area contributed by atoms with Gasteiger partial charge in [0.25, 0.3) is 5.91 Å². The highest BCUT2D eigenvalue weighted by atomic mass is 19.4. The second kappa shape index (κ2) is 11.1. The van der Waals surface area contributed by atoms with E-state index in [-0.39, 0.29) is 30.5 Å². The number of piperazine rings is 1. The molecule has 6 rings (SSSR count). The number of nitrogens with one attached hydrogen (secondary N) is 1. The number of nitrogens with zero attached hydrogens (tertiary/aromatic N) is 2. The van der Waals surface area contributed by atoms with Crippen molar-refractivity contribution >= 4 is 17.5 Å². The number of carbonyl (C=O) groups is 2. The van der Waals surface area contributed by atoms with Crippen molar-refractivity contribution in [3.05, 3.63) is 113 Å². The maximum atomic E-state index is 13.6. The normalized spacial score (nSPS) is 17.5. The lowest BCUT2D eigenvalue weighted by Crippen LogP contribution is -2.58. The molecule has 2 heterocycles. The fourth-order valence-electron chi connectivity index (χ4n) is 5.64. The molecule has 4 aromatic rings. The summed E-state index contributed by atoms with van der Waals surface area (Å²) in [6.07, 6.45) is -8.95. The van der Waals surface area contributed by atoms with E-state index in [1.807, 2.05) is 17.0 Å². The smallest absolute Gasteiger partial charge is 0.324 e. The van der Waals surface area contributed by atoms with E-state index in [1.165, 1.54) is 35.2 Å². The monoisotopic (exact) mass is 609 g/mol. The Balaban J connectivity index is 1.17. The van der Waals surface area contributed by atoms with Gasteiger partial charge >= 0.3 is 12.4 Å². The van der Waals surface area contributed by atoms with Gasteiger partial charge in [0.15, 0.2) is 0 Å². The molecular weight excluding hydrogens is 584 g/mol. The molecule has 1 N–H and O–H groups in total. The van der Waals surface area contributed by atoms with Crippen molar-refractivity contribution in [3.63, 3.8) is 0 Å². The Morgan fingerprint density at radius 1 is 0.682 bits per heavy atom. The first-order valence-electron chi connectivity index (χ1n) is 13.8. The number of carbonyl (C=O) groups excluding carboxylic acids is 2. The van der Waals surface area contributed by atoms with Crippen molar-refractivity contribution in [3.8, 4) is 22.3 Å². The maximum absolute atomic E-state index is 13.6. The first kappa shape index (κ1) is 29.4. The maximum Gasteiger partial charge on any atom is 0.416 e. The van der Waals surface area contributed by atoms with E-state index in [1.54, 1.807) is 24.3 Å². The lowest BCUT2D eigenvalue weighted by atomic mass is 9.99. The summed E-state index contributed by atoms with van der Waals surface area (Å²) in [5.41, 5.74) is 1.67. The van der Waals surface area contributed by atoms with E-state index in [4.69, 9.17) is 0 Å². The first-order valence-corrected chi connectivity index (χ1v) is 13.8. The van der Waals surface area contributed by atoms with Gasteiger partial charge in [-0.2, -0.15) is 26.3 Å². The SMILES string of the molecule is O=C1Nc2ccc(-c3cccc(C(F)(F)F)c3)cc2C(=O)N2CCN(Cc3ccc(-c4cccc(C(F)(F)F)c4)cc3)CC12. The average molecular weight is 610 g/mol. The minimum Gasteiger partial charge on any atom is -0.324 e. The van der Waals surface area contributed by atoms with Crippen LogP contribution in [0.4, 0.5) is 32.0 Å². The third-order valence-electron chi connectivity index (χ3n) is 7.94. The number of rotatable bonds is 4. The fourth-order valence-corrected chi connectivity index (χ4v) is 5.64. The quantitative estimate of drug-likeness (QED) is 0.247. The van der Waals surface area contributed by atoms with Gasteiger partial charge in [-0.25, -0.2) is 0 Å². The summed E-state index contributed by atoms with van der Waals surface area (Å²) < 4.78 is 79.2. The van der Waals surface area contributed by atoms with Gasteiger partial charge in [0, 0.05) is 26.2 Å². The van der Waals surface area contributed by atoms with Crippen LogP contribution >= 0.6 is 0 Å². The molecule has 11 heteroatoms. The number of amides is 2. The number of halogens is 6. The molecule has 0 saturated carbocycles. The first-order chi connectivity index (χ1) is 20.9. The van der Waals surface area contributed by atoms with E-state index in [9.17, 15) is 35.9 Å². The number of anilines is 1. The largest absolute Gasteiger partial charge is 0.416 e. The standard InChI is InChI=1S/C33H25F6N3O2/c34-32(35,36)25-5-1-3-22(15-25)21-9-7-20(8-10-21)18-41-13-14-42-29(19-41)30(43)40-28-12-11-24(17-27(28)31(42)44)23-4-2-6-26(16-23)33(37,38)39/h1-12,15-17,29H,13-14,18-19H2,(H,40,43). The highest BCUT2D eigenvalue weighted by Gasteiger charge is 2.39. The van der Waals surface area contributed by atoms with Crippen LogP contribution < -0.4 is 5.32 Å². The number of hydrogen-bond donors (Lipinski definition) is 1. The summed E-state index contributed by atoms with van der Waals surface area (Å²) in [7, 11) is 0. The Labute approximate surface area is 248 Å². The molecule has 2 aliphatic rings. The Morgan fingerprint density at radius 3 is 1.86 bits per heavy atom. The molecule has 1 atom stereocenters. The van der Waals surface area contributed by atoms with Gasteiger partial charge in [-0.05, 0) is 64.2 Å². The zero-order valence-corrected chi connectivity index (χ0v) is 23.0. The molecule has 2 aliphatic heterocycles. The van der Waals surface area contributed by atoms with E-state index in [0.717, 1.165) is 29.8 Å². The topological polar surface area (TPSA) is 52.7 Å². The molecule has 0 spiro atoms. The summed E-state index contributed by atoms with van der Waals surface area (Å²) in [5.74, 6) is -0.754. The van der Waals surface area contributed by atoms with Crippen LogP contribution in [0.3, 0.4) is 0 Å². The summed E-state index contributed by atoms with van der Waals surface area (Å²) in [6, 6.07) is 20.9. The number of hydrogen-bond acceptors (Lipinski definition) is 3. The minimum atomic E-state index is -4.51. The summed E-state index contributed by atoms with van der Waals surface area (Å²) >= 11 is 0. The van der Waals surface area contributed by atoms with E-state index in [0.29, 0.717) is 41.0 Å². The Bertz CT molecular complexity index is 1730. The van der Waals surface area contributed by atoms with Crippen molar-refractivity contribution in [2.75, 3.05) is 25.0 Å². The second-order valence-electron chi connectivity index (χ2n) is 10.9. The molecule has 44 heavy (non-hydrogen) atoms. The van der Waals surface area contributed by atoms with Gasteiger partial charge in [-0.15, -0.1) is 0 Å². The van der Waals surface area contributed by atoms with Crippen LogP contribution in [-0.2, 0) is 23.7 Å². The van der Waals surface area contributed by atoms with Crippen LogP contribution in [0.25, 0.3) is 22.3 Å². The number of fused-ring (bicyclic) bond motifs is 2. The molecule has 0 aromatic heterocycles. The van der Waals surface area contributed by atoms with Crippen LogP contribution in [0, 0.1) is 0 Å². The van der Waals surface area contributed by atoms with Crippen LogP contribution in [0.2, 0.25) is 0 Å². The number of alkyl halides is 6. The minimum absolute atomic E-state index is 0.203. The predicted octanol–water partition coefficient (Wildman–Crippen LogP) is 7.34. The van der Waals surface area contributed by atoms with Crippen LogP contribution in [-0.4, -0.2) is 47.3 Å². The molecule has 0 aliphatic carbocycles. The van der Waals surface area contributed by atoms with E-state index < -0.39 is 29.5 Å².